The summed E-state index contributed by atoms with van der Waals surface area (Å²) in [6.07, 6.45) is 0. The van der Waals surface area contributed by atoms with Crippen molar-refractivity contribution in [2.45, 2.75) is 12.8 Å². The van der Waals surface area contributed by atoms with Gasteiger partial charge in [-0.2, -0.15) is 0 Å². The van der Waals surface area contributed by atoms with Crippen LogP contribution in [0.15, 0.2) is 30.3 Å². The van der Waals surface area contributed by atoms with Crippen LogP contribution in [-0.4, -0.2) is 12.3 Å². The van der Waals surface area contributed by atoms with Gasteiger partial charge in [0.05, 0.1) is 0 Å². The Morgan fingerprint density at radius 3 is 2.62 bits per heavy atom. The van der Waals surface area contributed by atoms with E-state index >= 15 is 0 Å². The van der Waals surface area contributed by atoms with Crippen molar-refractivity contribution >= 4 is 5.78 Å². The Hall–Kier alpha value is -1.62. The zero-order valence-electron chi connectivity index (χ0n) is 7.53. The van der Waals surface area contributed by atoms with Crippen molar-refractivity contribution < 1.29 is 4.79 Å². The summed E-state index contributed by atoms with van der Waals surface area (Å²) in [5.41, 5.74) is 0.983. The average molecular weight is 173 g/mol. The Morgan fingerprint density at radius 2 is 2.08 bits per heavy atom. The molecule has 2 nitrogen and oxygen atoms in total. The number of nitrogens with zero attached hydrogens (tertiary/aromatic N) is 1. The standard InChI is InChI=1S/C11H11NO/c1-9(11(13)8-12-2)10-6-4-3-5-7-10/h3-7,9H,8H2,1H3. The summed E-state index contributed by atoms with van der Waals surface area (Å²) in [5, 5.41) is 0. The van der Waals surface area contributed by atoms with Crippen molar-refractivity contribution in [1.29, 1.82) is 0 Å². The number of benzene rings is 1. The van der Waals surface area contributed by atoms with Crippen LogP contribution in [0.4, 0.5) is 0 Å². The van der Waals surface area contributed by atoms with Crippen molar-refractivity contribution in [3.05, 3.63) is 47.3 Å². The minimum absolute atomic E-state index is 0.0128. The molecule has 1 unspecified atom stereocenters. The predicted molar refractivity (Wildman–Crippen MR) is 51.3 cm³/mol. The van der Waals surface area contributed by atoms with E-state index in [0.29, 0.717) is 0 Å². The molecular formula is C11H11NO. The van der Waals surface area contributed by atoms with Crippen molar-refractivity contribution in [3.63, 3.8) is 0 Å². The lowest BCUT2D eigenvalue weighted by Gasteiger charge is -2.05. The summed E-state index contributed by atoms with van der Waals surface area (Å²) in [7, 11) is 0. The highest BCUT2D eigenvalue weighted by atomic mass is 16.1. The minimum Gasteiger partial charge on any atom is -0.308 e. The molecule has 0 N–H and O–H groups in total. The van der Waals surface area contributed by atoms with E-state index in [-0.39, 0.29) is 18.2 Å². The molecular weight excluding hydrogens is 162 g/mol. The van der Waals surface area contributed by atoms with Crippen LogP contribution in [0.5, 0.6) is 0 Å². The molecule has 0 aliphatic carbocycles. The number of carbonyl (C=O) groups excluding carboxylic acids is 1. The first-order chi connectivity index (χ1) is 6.25. The monoisotopic (exact) mass is 173 g/mol. The summed E-state index contributed by atoms with van der Waals surface area (Å²) in [6, 6.07) is 9.53. The average Bonchev–Trinajstić information content (AvgIpc) is 2.18. The molecule has 0 bridgehead atoms. The van der Waals surface area contributed by atoms with Gasteiger partial charge in [0, 0.05) is 5.92 Å². The molecule has 0 heterocycles. The fraction of sp³-hybridized carbons (Fsp3) is 0.273. The second-order valence-electron chi connectivity index (χ2n) is 2.91. The van der Waals surface area contributed by atoms with E-state index in [9.17, 15) is 4.79 Å². The number of hydrogen-bond acceptors (Lipinski definition) is 1. The summed E-state index contributed by atoms with van der Waals surface area (Å²) >= 11 is 0. The smallest absolute Gasteiger partial charge is 0.272 e. The maximum absolute atomic E-state index is 11.3. The third kappa shape index (κ3) is 2.41. The third-order valence-corrected chi connectivity index (χ3v) is 2.02. The van der Waals surface area contributed by atoms with Crippen LogP contribution >= 0.6 is 0 Å². The number of Topliss-reactive ketones (excluding diaryl/α,β-unsaturated/α-hetero) is 1. The van der Waals surface area contributed by atoms with E-state index in [1.807, 2.05) is 37.3 Å². The van der Waals surface area contributed by atoms with Gasteiger partial charge in [-0.3, -0.25) is 4.79 Å². The molecule has 0 aliphatic heterocycles. The first kappa shape index (κ1) is 9.47. The predicted octanol–water partition coefficient (Wildman–Crippen LogP) is 2.28. The molecule has 0 aliphatic rings. The van der Waals surface area contributed by atoms with Gasteiger partial charge in [-0.1, -0.05) is 37.3 Å². The summed E-state index contributed by atoms with van der Waals surface area (Å²) in [5.74, 6) is -0.170. The lowest BCUT2D eigenvalue weighted by Crippen LogP contribution is -2.11. The fourth-order valence-corrected chi connectivity index (χ4v) is 1.14. The minimum atomic E-state index is -0.157. The van der Waals surface area contributed by atoms with Gasteiger partial charge in [0.1, 0.15) is 0 Å². The van der Waals surface area contributed by atoms with E-state index in [4.69, 9.17) is 6.57 Å². The molecule has 0 saturated carbocycles. The molecule has 0 radical (unpaired) electrons. The van der Waals surface area contributed by atoms with Crippen LogP contribution in [0.1, 0.15) is 18.4 Å². The zero-order chi connectivity index (χ0) is 9.68. The Bertz CT molecular complexity index is 324. The molecule has 0 amide bonds. The Kier molecular flexibility index (Phi) is 3.22. The highest BCUT2D eigenvalue weighted by Crippen LogP contribution is 2.15. The number of rotatable bonds is 3. The Balaban J connectivity index is 2.75. The van der Waals surface area contributed by atoms with Gasteiger partial charge in [-0.05, 0) is 5.56 Å². The molecule has 0 fully saturated rings. The van der Waals surface area contributed by atoms with Crippen LogP contribution in [0.25, 0.3) is 4.85 Å². The van der Waals surface area contributed by atoms with Crippen LogP contribution in [-0.2, 0) is 4.79 Å². The van der Waals surface area contributed by atoms with E-state index < -0.39 is 0 Å². The third-order valence-electron chi connectivity index (χ3n) is 2.02. The molecule has 0 aromatic heterocycles. The van der Waals surface area contributed by atoms with Gasteiger partial charge in [0.15, 0.2) is 0 Å². The largest absolute Gasteiger partial charge is 0.308 e. The Labute approximate surface area is 78.0 Å². The van der Waals surface area contributed by atoms with Gasteiger partial charge < -0.3 is 4.85 Å². The quantitative estimate of drug-likeness (QED) is 0.642. The number of carbonyl (C=O) groups is 1. The molecule has 0 saturated heterocycles. The number of hydrogen-bond donors (Lipinski definition) is 0. The number of ketones is 1. The van der Waals surface area contributed by atoms with Crippen molar-refractivity contribution in [2.24, 2.45) is 0 Å². The summed E-state index contributed by atoms with van der Waals surface area (Å²) in [4.78, 5) is 14.4. The maximum atomic E-state index is 11.3. The zero-order valence-corrected chi connectivity index (χ0v) is 7.53. The van der Waals surface area contributed by atoms with Crippen LogP contribution in [0, 0.1) is 6.57 Å². The van der Waals surface area contributed by atoms with Crippen LogP contribution < -0.4 is 0 Å². The molecule has 1 atom stereocenters. The van der Waals surface area contributed by atoms with Gasteiger partial charge in [0.2, 0.25) is 5.78 Å². The Morgan fingerprint density at radius 1 is 1.46 bits per heavy atom. The summed E-state index contributed by atoms with van der Waals surface area (Å²) in [6.45, 7) is 8.41. The fourth-order valence-electron chi connectivity index (χ4n) is 1.14. The molecule has 1 aromatic rings. The van der Waals surface area contributed by atoms with Gasteiger partial charge >= 0.3 is 0 Å². The molecule has 0 spiro atoms. The van der Waals surface area contributed by atoms with Crippen LogP contribution in [0.2, 0.25) is 0 Å². The second-order valence-corrected chi connectivity index (χ2v) is 2.91. The SMILES string of the molecule is [C-]#[N+]CC(=O)C(C)c1ccccc1. The first-order valence-corrected chi connectivity index (χ1v) is 4.16. The van der Waals surface area contributed by atoms with Crippen molar-refractivity contribution in [3.8, 4) is 0 Å². The maximum Gasteiger partial charge on any atom is 0.272 e. The molecule has 2 heteroatoms. The molecule has 66 valence electrons. The lowest BCUT2D eigenvalue weighted by molar-refractivity contribution is -0.118. The summed E-state index contributed by atoms with van der Waals surface area (Å²) < 4.78 is 0. The topological polar surface area (TPSA) is 21.4 Å². The molecule has 1 rings (SSSR count). The van der Waals surface area contributed by atoms with Gasteiger partial charge in [-0.25, -0.2) is 6.57 Å². The van der Waals surface area contributed by atoms with E-state index in [0.717, 1.165) is 5.56 Å². The molecule has 1 aromatic carbocycles. The van der Waals surface area contributed by atoms with E-state index in [1.54, 1.807) is 0 Å². The first-order valence-electron chi connectivity index (χ1n) is 4.16. The lowest BCUT2D eigenvalue weighted by atomic mass is 9.97. The second kappa shape index (κ2) is 4.42. The van der Waals surface area contributed by atoms with Gasteiger partial charge in [-0.15, -0.1) is 0 Å². The van der Waals surface area contributed by atoms with Crippen molar-refractivity contribution in [1.82, 2.24) is 0 Å². The van der Waals surface area contributed by atoms with Crippen LogP contribution in [0.3, 0.4) is 0 Å². The van der Waals surface area contributed by atoms with E-state index in [2.05, 4.69) is 4.85 Å². The van der Waals surface area contributed by atoms with Gasteiger partial charge in [0.25, 0.3) is 6.54 Å². The molecule has 13 heavy (non-hydrogen) atoms. The van der Waals surface area contributed by atoms with E-state index in [1.165, 1.54) is 0 Å². The normalized spacial score (nSPS) is 11.7. The highest BCUT2D eigenvalue weighted by Gasteiger charge is 2.16. The van der Waals surface area contributed by atoms with Crippen molar-refractivity contribution in [2.75, 3.05) is 6.54 Å². The highest BCUT2D eigenvalue weighted by molar-refractivity contribution is 5.88.